The van der Waals surface area contributed by atoms with Crippen molar-refractivity contribution in [3.63, 3.8) is 0 Å². The summed E-state index contributed by atoms with van der Waals surface area (Å²) in [5.41, 5.74) is 4.93. The lowest BCUT2D eigenvalue weighted by molar-refractivity contribution is -0.160. The molecule has 0 saturated carbocycles. The first kappa shape index (κ1) is 10.9. The van der Waals surface area contributed by atoms with Crippen molar-refractivity contribution in [2.75, 3.05) is 13.2 Å². The standard InChI is InChI=1S/C7H13NO4/c1-5(2)12-7(10)4-11-6(9)3-8/h5H,3-4,8H2,1-2H3. The molecule has 12 heavy (non-hydrogen) atoms. The van der Waals surface area contributed by atoms with E-state index >= 15 is 0 Å². The summed E-state index contributed by atoms with van der Waals surface area (Å²) < 4.78 is 9.10. The summed E-state index contributed by atoms with van der Waals surface area (Å²) in [6.45, 7) is 2.83. The van der Waals surface area contributed by atoms with E-state index in [1.165, 1.54) is 0 Å². The van der Waals surface area contributed by atoms with Gasteiger partial charge in [0.1, 0.15) is 0 Å². The van der Waals surface area contributed by atoms with Gasteiger partial charge in [-0.05, 0) is 13.8 Å². The maximum absolute atomic E-state index is 10.7. The van der Waals surface area contributed by atoms with Crippen LogP contribution in [0, 0.1) is 0 Å². The molecule has 0 saturated heterocycles. The van der Waals surface area contributed by atoms with Gasteiger partial charge in [-0.25, -0.2) is 4.79 Å². The Morgan fingerprint density at radius 2 is 1.92 bits per heavy atom. The van der Waals surface area contributed by atoms with Crippen LogP contribution in [0.15, 0.2) is 0 Å². The smallest absolute Gasteiger partial charge is 0.344 e. The zero-order chi connectivity index (χ0) is 9.56. The minimum atomic E-state index is -0.615. The van der Waals surface area contributed by atoms with Gasteiger partial charge in [0.25, 0.3) is 0 Å². The van der Waals surface area contributed by atoms with E-state index < -0.39 is 11.9 Å². The van der Waals surface area contributed by atoms with Gasteiger partial charge >= 0.3 is 11.9 Å². The molecule has 5 nitrogen and oxygen atoms in total. The number of hydrogen-bond donors (Lipinski definition) is 1. The lowest BCUT2D eigenvalue weighted by Crippen LogP contribution is -2.23. The third-order valence-electron chi connectivity index (χ3n) is 0.885. The summed E-state index contributed by atoms with van der Waals surface area (Å²) in [6.07, 6.45) is -0.200. The van der Waals surface area contributed by atoms with E-state index in [9.17, 15) is 9.59 Å². The summed E-state index contributed by atoms with van der Waals surface area (Å²) in [7, 11) is 0. The molecule has 0 rings (SSSR count). The van der Waals surface area contributed by atoms with Crippen molar-refractivity contribution in [3.8, 4) is 0 Å². The molecule has 0 heterocycles. The van der Waals surface area contributed by atoms with Crippen LogP contribution in [-0.2, 0) is 19.1 Å². The number of carbonyl (C=O) groups excluding carboxylic acids is 2. The van der Waals surface area contributed by atoms with Gasteiger partial charge in [-0.15, -0.1) is 0 Å². The molecule has 70 valence electrons. The maximum Gasteiger partial charge on any atom is 0.344 e. The number of ether oxygens (including phenoxy) is 2. The number of hydrogen-bond acceptors (Lipinski definition) is 5. The van der Waals surface area contributed by atoms with E-state index in [0.29, 0.717) is 0 Å². The molecule has 0 aromatic carbocycles. The summed E-state index contributed by atoms with van der Waals surface area (Å²) >= 11 is 0. The highest BCUT2D eigenvalue weighted by atomic mass is 16.6. The molecule has 2 N–H and O–H groups in total. The van der Waals surface area contributed by atoms with Gasteiger partial charge in [-0.3, -0.25) is 4.79 Å². The van der Waals surface area contributed by atoms with Gasteiger partial charge < -0.3 is 15.2 Å². The topological polar surface area (TPSA) is 78.6 Å². The SMILES string of the molecule is CC(C)OC(=O)COC(=O)CN. The molecule has 5 heteroatoms. The van der Waals surface area contributed by atoms with Gasteiger partial charge in [0, 0.05) is 0 Å². The zero-order valence-corrected chi connectivity index (χ0v) is 7.20. The molecule has 0 radical (unpaired) electrons. The molecule has 0 amide bonds. The predicted octanol–water partition coefficient (Wildman–Crippen LogP) is -0.560. The van der Waals surface area contributed by atoms with Crippen LogP contribution in [0.2, 0.25) is 0 Å². The van der Waals surface area contributed by atoms with Gasteiger partial charge in [-0.1, -0.05) is 0 Å². The fourth-order valence-electron chi connectivity index (χ4n) is 0.495. The van der Waals surface area contributed by atoms with E-state index in [4.69, 9.17) is 5.73 Å². The van der Waals surface area contributed by atoms with Crippen LogP contribution in [-0.4, -0.2) is 31.2 Å². The molecule has 0 aromatic heterocycles. The Hall–Kier alpha value is -1.10. The molecule has 0 aliphatic carbocycles. The van der Waals surface area contributed by atoms with Crippen LogP contribution < -0.4 is 5.73 Å². The first-order chi connectivity index (χ1) is 5.56. The van der Waals surface area contributed by atoms with E-state index in [-0.39, 0.29) is 19.3 Å². The summed E-state index contributed by atoms with van der Waals surface area (Å²) in [4.78, 5) is 21.2. The predicted molar refractivity (Wildman–Crippen MR) is 41.2 cm³/mol. The highest BCUT2D eigenvalue weighted by Gasteiger charge is 2.07. The van der Waals surface area contributed by atoms with Crippen molar-refractivity contribution in [2.24, 2.45) is 5.73 Å². The first-order valence-corrected chi connectivity index (χ1v) is 3.61. The molecule has 0 spiro atoms. The minimum absolute atomic E-state index is 0.200. The van der Waals surface area contributed by atoms with E-state index in [2.05, 4.69) is 9.47 Å². The highest BCUT2D eigenvalue weighted by molar-refractivity contribution is 5.77. The average molecular weight is 175 g/mol. The maximum atomic E-state index is 10.7. The Morgan fingerprint density at radius 3 is 2.33 bits per heavy atom. The first-order valence-electron chi connectivity index (χ1n) is 3.61. The fraction of sp³-hybridized carbons (Fsp3) is 0.714. The third kappa shape index (κ3) is 5.67. The lowest BCUT2D eigenvalue weighted by Gasteiger charge is -2.07. The number of esters is 2. The second kappa shape index (κ2) is 5.54. The summed E-state index contributed by atoms with van der Waals surface area (Å²) in [6, 6.07) is 0. The van der Waals surface area contributed by atoms with Crippen LogP contribution in [0.1, 0.15) is 13.8 Å². The van der Waals surface area contributed by atoms with Crippen molar-refractivity contribution in [3.05, 3.63) is 0 Å². The quantitative estimate of drug-likeness (QED) is 0.579. The van der Waals surface area contributed by atoms with E-state index in [1.54, 1.807) is 13.8 Å². The minimum Gasteiger partial charge on any atom is -0.460 e. The highest BCUT2D eigenvalue weighted by Crippen LogP contribution is 1.89. The Kier molecular flexibility index (Phi) is 5.03. The van der Waals surface area contributed by atoms with Crippen molar-refractivity contribution in [1.29, 1.82) is 0 Å². The van der Waals surface area contributed by atoms with Crippen LogP contribution in [0.4, 0.5) is 0 Å². The Balaban J connectivity index is 3.51. The lowest BCUT2D eigenvalue weighted by atomic mass is 10.5. The Bertz CT molecular complexity index is 167. The summed E-state index contributed by atoms with van der Waals surface area (Å²) in [5.74, 6) is -1.18. The number of nitrogens with two attached hydrogens (primary N) is 1. The Morgan fingerprint density at radius 1 is 1.33 bits per heavy atom. The fourth-order valence-corrected chi connectivity index (χ4v) is 0.495. The van der Waals surface area contributed by atoms with Crippen LogP contribution in [0.5, 0.6) is 0 Å². The van der Waals surface area contributed by atoms with Gasteiger partial charge in [0.2, 0.25) is 0 Å². The second-order valence-corrected chi connectivity index (χ2v) is 2.40. The molecular weight excluding hydrogens is 162 g/mol. The molecule has 0 aromatic rings. The molecule has 0 unspecified atom stereocenters. The average Bonchev–Trinajstić information content (AvgIpc) is 1.99. The van der Waals surface area contributed by atoms with Crippen LogP contribution in [0.25, 0.3) is 0 Å². The molecule has 0 fully saturated rings. The van der Waals surface area contributed by atoms with Gasteiger partial charge in [-0.2, -0.15) is 0 Å². The monoisotopic (exact) mass is 175 g/mol. The van der Waals surface area contributed by atoms with E-state index in [0.717, 1.165) is 0 Å². The normalized spacial score (nSPS) is 9.67. The summed E-state index contributed by atoms with van der Waals surface area (Å²) in [5, 5.41) is 0. The number of rotatable bonds is 4. The molecule has 0 atom stereocenters. The largest absolute Gasteiger partial charge is 0.460 e. The third-order valence-corrected chi connectivity index (χ3v) is 0.885. The molecule has 0 aliphatic heterocycles. The molecule has 0 bridgehead atoms. The van der Waals surface area contributed by atoms with Crippen molar-refractivity contribution in [2.45, 2.75) is 20.0 Å². The van der Waals surface area contributed by atoms with Crippen LogP contribution >= 0.6 is 0 Å². The van der Waals surface area contributed by atoms with Crippen molar-refractivity contribution < 1.29 is 19.1 Å². The molecule has 0 aliphatic rings. The van der Waals surface area contributed by atoms with Crippen molar-refractivity contribution in [1.82, 2.24) is 0 Å². The number of carbonyl (C=O) groups is 2. The Labute approximate surface area is 70.8 Å². The second-order valence-electron chi connectivity index (χ2n) is 2.40. The van der Waals surface area contributed by atoms with Crippen molar-refractivity contribution >= 4 is 11.9 Å². The van der Waals surface area contributed by atoms with E-state index in [1.807, 2.05) is 0 Å². The van der Waals surface area contributed by atoms with Crippen LogP contribution in [0.3, 0.4) is 0 Å². The molecular formula is C7H13NO4. The van der Waals surface area contributed by atoms with Gasteiger partial charge in [0.05, 0.1) is 12.6 Å². The zero-order valence-electron chi connectivity index (χ0n) is 7.20. The van der Waals surface area contributed by atoms with Gasteiger partial charge in [0.15, 0.2) is 6.61 Å².